The quantitative estimate of drug-likeness (QED) is 0.651. The van der Waals surface area contributed by atoms with Gasteiger partial charge in [-0.15, -0.1) is 0 Å². The average Bonchev–Trinajstić information content (AvgIpc) is 2.37. The summed E-state index contributed by atoms with van der Waals surface area (Å²) >= 11 is 0. The summed E-state index contributed by atoms with van der Waals surface area (Å²) in [6.07, 6.45) is 1.24. The largest absolute Gasteiger partial charge is 0.481 e. The summed E-state index contributed by atoms with van der Waals surface area (Å²) in [5.41, 5.74) is 6.36. The van der Waals surface area contributed by atoms with Gasteiger partial charge >= 0.3 is 5.97 Å². The Morgan fingerprint density at radius 1 is 1.32 bits per heavy atom. The molecule has 19 heavy (non-hydrogen) atoms. The summed E-state index contributed by atoms with van der Waals surface area (Å²) in [6.45, 7) is 1.99. The molecule has 1 amide bonds. The van der Waals surface area contributed by atoms with Gasteiger partial charge in [0, 0.05) is 6.04 Å². The summed E-state index contributed by atoms with van der Waals surface area (Å²) in [6, 6.07) is 9.04. The van der Waals surface area contributed by atoms with E-state index in [4.69, 9.17) is 10.8 Å². The van der Waals surface area contributed by atoms with Crippen LogP contribution in [0.2, 0.25) is 0 Å². The smallest absolute Gasteiger partial charge is 0.305 e. The number of carbonyl (C=O) groups excluding carboxylic acids is 1. The van der Waals surface area contributed by atoms with Crippen molar-refractivity contribution in [1.82, 2.24) is 5.32 Å². The highest BCUT2D eigenvalue weighted by Crippen LogP contribution is 2.07. The highest BCUT2D eigenvalue weighted by atomic mass is 16.4. The van der Waals surface area contributed by atoms with Gasteiger partial charge in [-0.1, -0.05) is 37.3 Å². The molecule has 1 aromatic carbocycles. The summed E-state index contributed by atoms with van der Waals surface area (Å²) in [5.74, 6) is -1.67. The summed E-state index contributed by atoms with van der Waals surface area (Å²) in [5, 5.41) is 11.8. The second-order valence-electron chi connectivity index (χ2n) is 4.51. The summed E-state index contributed by atoms with van der Waals surface area (Å²) in [7, 11) is 0. The van der Waals surface area contributed by atoms with E-state index in [1.807, 2.05) is 37.3 Å². The van der Waals surface area contributed by atoms with Gasteiger partial charge < -0.3 is 16.2 Å². The van der Waals surface area contributed by atoms with Crippen LogP contribution in [0.3, 0.4) is 0 Å². The van der Waals surface area contributed by atoms with E-state index in [1.165, 1.54) is 0 Å². The molecule has 0 aliphatic heterocycles. The van der Waals surface area contributed by atoms with E-state index in [-0.39, 0.29) is 12.5 Å². The molecule has 0 spiro atoms. The summed E-state index contributed by atoms with van der Waals surface area (Å²) in [4.78, 5) is 21.9. The zero-order valence-electron chi connectivity index (χ0n) is 11.0. The molecule has 4 N–H and O–H groups in total. The van der Waals surface area contributed by atoms with Crippen molar-refractivity contribution in [2.45, 2.75) is 38.3 Å². The van der Waals surface area contributed by atoms with Gasteiger partial charge in [0.25, 0.3) is 0 Å². The number of primary amides is 1. The Bertz CT molecular complexity index is 420. The van der Waals surface area contributed by atoms with Crippen molar-refractivity contribution < 1.29 is 14.7 Å². The lowest BCUT2D eigenvalue weighted by Gasteiger charge is -2.22. The maximum atomic E-state index is 11.2. The zero-order chi connectivity index (χ0) is 14.3. The number of nitrogens with two attached hydrogens (primary N) is 1. The lowest BCUT2D eigenvalue weighted by Crippen LogP contribution is -2.48. The van der Waals surface area contributed by atoms with Crippen molar-refractivity contribution in [3.8, 4) is 0 Å². The Morgan fingerprint density at radius 3 is 2.42 bits per heavy atom. The standard InChI is InChI=1S/C14H20N2O3/c1-2-11(8-10-6-4-3-5-7-10)16-12(14(15)19)9-13(17)18/h3-7,11-12,16H,2,8-9H2,1H3,(H2,15,19)(H,17,18)/t11?,12-/m0/s1. The average molecular weight is 264 g/mol. The third kappa shape index (κ3) is 5.52. The second kappa shape index (κ2) is 7.53. The molecule has 0 saturated carbocycles. The molecular formula is C14H20N2O3. The number of carbonyl (C=O) groups is 2. The SMILES string of the molecule is CCC(Cc1ccccc1)N[C@@H](CC(=O)O)C(N)=O. The number of amides is 1. The van der Waals surface area contributed by atoms with Crippen LogP contribution < -0.4 is 11.1 Å². The molecular weight excluding hydrogens is 244 g/mol. The monoisotopic (exact) mass is 264 g/mol. The normalized spacial score (nSPS) is 13.7. The number of aliphatic carboxylic acids is 1. The molecule has 104 valence electrons. The molecule has 1 aromatic rings. The molecule has 1 unspecified atom stereocenters. The minimum atomic E-state index is -1.04. The van der Waals surface area contributed by atoms with Gasteiger partial charge in [-0.25, -0.2) is 0 Å². The molecule has 0 bridgehead atoms. The highest BCUT2D eigenvalue weighted by molar-refractivity contribution is 5.84. The fourth-order valence-corrected chi connectivity index (χ4v) is 1.92. The van der Waals surface area contributed by atoms with Gasteiger partial charge in [0.2, 0.25) is 5.91 Å². The van der Waals surface area contributed by atoms with Crippen molar-refractivity contribution in [1.29, 1.82) is 0 Å². The first-order chi connectivity index (χ1) is 9.02. The number of carboxylic acid groups (broad SMARTS) is 1. The Labute approximate surface area is 112 Å². The minimum absolute atomic E-state index is 0.0271. The van der Waals surface area contributed by atoms with Gasteiger partial charge in [-0.2, -0.15) is 0 Å². The van der Waals surface area contributed by atoms with Crippen molar-refractivity contribution in [3.63, 3.8) is 0 Å². The van der Waals surface area contributed by atoms with Crippen molar-refractivity contribution in [3.05, 3.63) is 35.9 Å². The van der Waals surface area contributed by atoms with Crippen LogP contribution in [0.15, 0.2) is 30.3 Å². The molecule has 5 nitrogen and oxygen atoms in total. The molecule has 0 heterocycles. The van der Waals surface area contributed by atoms with E-state index in [9.17, 15) is 9.59 Å². The number of carboxylic acids is 1. The van der Waals surface area contributed by atoms with Crippen LogP contribution in [0.25, 0.3) is 0 Å². The van der Waals surface area contributed by atoms with Crippen LogP contribution in [0.4, 0.5) is 0 Å². The highest BCUT2D eigenvalue weighted by Gasteiger charge is 2.21. The molecule has 0 aliphatic carbocycles. The number of hydrogen-bond acceptors (Lipinski definition) is 3. The first-order valence-electron chi connectivity index (χ1n) is 6.34. The minimum Gasteiger partial charge on any atom is -0.481 e. The zero-order valence-corrected chi connectivity index (χ0v) is 11.0. The van der Waals surface area contributed by atoms with Crippen LogP contribution in [0.1, 0.15) is 25.3 Å². The molecule has 0 radical (unpaired) electrons. The first-order valence-corrected chi connectivity index (χ1v) is 6.34. The molecule has 1 rings (SSSR count). The maximum Gasteiger partial charge on any atom is 0.305 e. The number of nitrogens with one attached hydrogen (secondary N) is 1. The second-order valence-corrected chi connectivity index (χ2v) is 4.51. The lowest BCUT2D eigenvalue weighted by molar-refractivity contribution is -0.139. The molecule has 0 aromatic heterocycles. The Balaban J connectivity index is 2.63. The molecule has 0 fully saturated rings. The Morgan fingerprint density at radius 2 is 1.95 bits per heavy atom. The van der Waals surface area contributed by atoms with Crippen molar-refractivity contribution >= 4 is 11.9 Å². The fourth-order valence-electron chi connectivity index (χ4n) is 1.92. The van der Waals surface area contributed by atoms with Crippen LogP contribution in [0.5, 0.6) is 0 Å². The number of rotatable bonds is 8. The number of hydrogen-bond donors (Lipinski definition) is 3. The van der Waals surface area contributed by atoms with Gasteiger partial charge in [0.05, 0.1) is 12.5 Å². The number of benzene rings is 1. The first kappa shape index (κ1) is 15.2. The third-order valence-electron chi connectivity index (χ3n) is 2.98. The van der Waals surface area contributed by atoms with Crippen LogP contribution in [0, 0.1) is 0 Å². The predicted octanol–water partition coefficient (Wildman–Crippen LogP) is 0.926. The van der Waals surface area contributed by atoms with Gasteiger partial charge in [0.1, 0.15) is 0 Å². The maximum absolute atomic E-state index is 11.2. The Hall–Kier alpha value is -1.88. The van der Waals surface area contributed by atoms with E-state index in [1.54, 1.807) is 0 Å². The van der Waals surface area contributed by atoms with E-state index in [0.29, 0.717) is 0 Å². The van der Waals surface area contributed by atoms with Crippen molar-refractivity contribution in [2.75, 3.05) is 0 Å². The molecule has 0 saturated heterocycles. The fraction of sp³-hybridized carbons (Fsp3) is 0.429. The summed E-state index contributed by atoms with van der Waals surface area (Å²) < 4.78 is 0. The van der Waals surface area contributed by atoms with Crippen LogP contribution in [-0.2, 0) is 16.0 Å². The predicted molar refractivity (Wildman–Crippen MR) is 72.6 cm³/mol. The van der Waals surface area contributed by atoms with Crippen molar-refractivity contribution in [2.24, 2.45) is 5.73 Å². The third-order valence-corrected chi connectivity index (χ3v) is 2.98. The van der Waals surface area contributed by atoms with Crippen LogP contribution >= 0.6 is 0 Å². The molecule has 2 atom stereocenters. The van der Waals surface area contributed by atoms with E-state index in [0.717, 1.165) is 18.4 Å². The topological polar surface area (TPSA) is 92.4 Å². The Kier molecular flexibility index (Phi) is 6.02. The lowest BCUT2D eigenvalue weighted by atomic mass is 10.0. The van der Waals surface area contributed by atoms with Gasteiger partial charge in [-0.3, -0.25) is 9.59 Å². The molecule has 0 aliphatic rings. The van der Waals surface area contributed by atoms with Crippen LogP contribution in [-0.4, -0.2) is 29.1 Å². The van der Waals surface area contributed by atoms with Gasteiger partial charge in [-0.05, 0) is 18.4 Å². The van der Waals surface area contributed by atoms with Gasteiger partial charge in [0.15, 0.2) is 0 Å². The van der Waals surface area contributed by atoms with E-state index in [2.05, 4.69) is 5.32 Å². The van der Waals surface area contributed by atoms with E-state index < -0.39 is 17.9 Å². The molecule has 5 heteroatoms. The van der Waals surface area contributed by atoms with E-state index >= 15 is 0 Å².